The fourth-order valence-corrected chi connectivity index (χ4v) is 2.84. The number of hydrogen-bond acceptors (Lipinski definition) is 5. The Kier molecular flexibility index (Phi) is 5.12. The molecule has 7 nitrogen and oxygen atoms in total. The van der Waals surface area contributed by atoms with Crippen molar-refractivity contribution >= 4 is 18.2 Å². The van der Waals surface area contributed by atoms with Crippen molar-refractivity contribution in [3.05, 3.63) is 59.7 Å². The van der Waals surface area contributed by atoms with Crippen LogP contribution in [-0.4, -0.2) is 36.9 Å². The number of carbonyl (C=O) groups excluding carboxylic acids is 2. The molecule has 0 radical (unpaired) electrons. The summed E-state index contributed by atoms with van der Waals surface area (Å²) in [7, 11) is 1.57. The summed E-state index contributed by atoms with van der Waals surface area (Å²) in [6.45, 7) is 4.04. The molecule has 0 bridgehead atoms. The highest BCUT2D eigenvalue weighted by Gasteiger charge is 2.49. The van der Waals surface area contributed by atoms with Crippen LogP contribution < -0.4 is 14.8 Å². The third-order valence-corrected chi connectivity index (χ3v) is 4.37. The van der Waals surface area contributed by atoms with E-state index in [-0.39, 0.29) is 0 Å². The van der Waals surface area contributed by atoms with E-state index in [0.29, 0.717) is 29.2 Å². The monoisotopic (exact) mass is 367 g/mol. The maximum absolute atomic E-state index is 12.9. The number of hydrogen-bond donors (Lipinski definition) is 1. The van der Waals surface area contributed by atoms with Crippen LogP contribution in [0, 0.1) is 0 Å². The molecule has 3 amide bonds. The summed E-state index contributed by atoms with van der Waals surface area (Å²) in [6, 6.07) is 13.7. The van der Waals surface area contributed by atoms with Crippen molar-refractivity contribution in [1.29, 1.82) is 0 Å². The Hall–Kier alpha value is -3.35. The normalized spacial score (nSPS) is 19.4. The zero-order valence-electron chi connectivity index (χ0n) is 15.4. The SMILES string of the molecule is CCOc1ccccc1/C=N/N1C(=O)NC(C)(c2ccc(OC)cc2)C1=O. The summed E-state index contributed by atoms with van der Waals surface area (Å²) < 4.78 is 10.7. The van der Waals surface area contributed by atoms with Gasteiger partial charge in [0.1, 0.15) is 17.0 Å². The number of methoxy groups -OCH3 is 1. The minimum absolute atomic E-state index is 0.456. The van der Waals surface area contributed by atoms with Crippen molar-refractivity contribution in [3.8, 4) is 11.5 Å². The molecule has 7 heteroatoms. The number of imide groups is 1. The van der Waals surface area contributed by atoms with Crippen LogP contribution in [0.5, 0.6) is 11.5 Å². The lowest BCUT2D eigenvalue weighted by Gasteiger charge is -2.21. The largest absolute Gasteiger partial charge is 0.497 e. The molecule has 1 atom stereocenters. The second-order valence-corrected chi connectivity index (χ2v) is 6.12. The first-order valence-electron chi connectivity index (χ1n) is 8.56. The average Bonchev–Trinajstić information content (AvgIpc) is 2.91. The van der Waals surface area contributed by atoms with Gasteiger partial charge in [-0.25, -0.2) is 4.79 Å². The van der Waals surface area contributed by atoms with Gasteiger partial charge in [0.2, 0.25) is 0 Å². The Balaban J connectivity index is 1.86. The third kappa shape index (κ3) is 3.48. The van der Waals surface area contributed by atoms with E-state index in [1.165, 1.54) is 6.21 Å². The Bertz CT molecular complexity index is 879. The number of nitrogens with zero attached hydrogens (tertiary/aromatic N) is 2. The first-order valence-corrected chi connectivity index (χ1v) is 8.56. The summed E-state index contributed by atoms with van der Waals surface area (Å²) in [5.41, 5.74) is 0.132. The molecule has 1 heterocycles. The van der Waals surface area contributed by atoms with Crippen molar-refractivity contribution in [2.75, 3.05) is 13.7 Å². The van der Waals surface area contributed by atoms with E-state index >= 15 is 0 Å². The van der Waals surface area contributed by atoms with Gasteiger partial charge in [-0.15, -0.1) is 5.01 Å². The molecule has 27 heavy (non-hydrogen) atoms. The first-order chi connectivity index (χ1) is 13.0. The van der Waals surface area contributed by atoms with Crippen molar-refractivity contribution in [3.63, 3.8) is 0 Å². The average molecular weight is 367 g/mol. The molecule has 1 fully saturated rings. The van der Waals surface area contributed by atoms with E-state index < -0.39 is 17.5 Å². The number of nitrogens with one attached hydrogen (secondary N) is 1. The van der Waals surface area contributed by atoms with Gasteiger partial charge in [0.25, 0.3) is 5.91 Å². The molecule has 1 N–H and O–H groups in total. The molecule has 2 aromatic carbocycles. The molecular weight excluding hydrogens is 346 g/mol. The number of carbonyl (C=O) groups is 2. The molecule has 1 unspecified atom stereocenters. The number of para-hydroxylation sites is 1. The lowest BCUT2D eigenvalue weighted by Crippen LogP contribution is -2.40. The van der Waals surface area contributed by atoms with Crippen molar-refractivity contribution in [2.45, 2.75) is 19.4 Å². The number of ether oxygens (including phenoxy) is 2. The predicted octanol–water partition coefficient (Wildman–Crippen LogP) is 2.90. The molecule has 1 saturated heterocycles. The van der Waals surface area contributed by atoms with Gasteiger partial charge in [0.05, 0.1) is 19.9 Å². The zero-order valence-corrected chi connectivity index (χ0v) is 15.4. The van der Waals surface area contributed by atoms with Gasteiger partial charge in [0.15, 0.2) is 0 Å². The number of urea groups is 1. The Morgan fingerprint density at radius 2 is 1.85 bits per heavy atom. The second kappa shape index (κ2) is 7.49. The van der Waals surface area contributed by atoms with E-state index in [9.17, 15) is 9.59 Å². The van der Waals surface area contributed by atoms with Crippen LogP contribution in [0.3, 0.4) is 0 Å². The summed E-state index contributed by atoms with van der Waals surface area (Å²) in [6.07, 6.45) is 1.45. The number of rotatable bonds is 6. The van der Waals surface area contributed by atoms with E-state index in [1.807, 2.05) is 19.1 Å². The molecule has 3 rings (SSSR count). The number of amides is 3. The van der Waals surface area contributed by atoms with Gasteiger partial charge >= 0.3 is 6.03 Å². The van der Waals surface area contributed by atoms with Crippen LogP contribution >= 0.6 is 0 Å². The number of hydrazone groups is 1. The minimum atomic E-state index is -1.19. The highest BCUT2D eigenvalue weighted by molar-refractivity contribution is 6.07. The predicted molar refractivity (Wildman–Crippen MR) is 101 cm³/mol. The highest BCUT2D eigenvalue weighted by atomic mass is 16.5. The fourth-order valence-electron chi connectivity index (χ4n) is 2.84. The fraction of sp³-hybridized carbons (Fsp3) is 0.250. The second-order valence-electron chi connectivity index (χ2n) is 6.12. The van der Waals surface area contributed by atoms with Crippen LogP contribution in [0.4, 0.5) is 4.79 Å². The summed E-state index contributed by atoms with van der Waals surface area (Å²) in [4.78, 5) is 25.2. The van der Waals surface area contributed by atoms with E-state index in [2.05, 4.69) is 10.4 Å². The molecule has 2 aromatic rings. The van der Waals surface area contributed by atoms with Crippen LogP contribution in [0.2, 0.25) is 0 Å². The molecule has 140 valence electrons. The smallest absolute Gasteiger partial charge is 0.346 e. The van der Waals surface area contributed by atoms with Gasteiger partial charge in [-0.1, -0.05) is 24.3 Å². The quantitative estimate of drug-likeness (QED) is 0.629. The first kappa shape index (κ1) is 18.4. The van der Waals surface area contributed by atoms with Crippen LogP contribution in [0.15, 0.2) is 53.6 Å². The molecule has 0 saturated carbocycles. The molecule has 0 aromatic heterocycles. The van der Waals surface area contributed by atoms with Crippen molar-refractivity contribution in [2.24, 2.45) is 5.10 Å². The topological polar surface area (TPSA) is 80.2 Å². The molecule has 0 spiro atoms. The van der Waals surface area contributed by atoms with Gasteiger partial charge < -0.3 is 14.8 Å². The van der Waals surface area contributed by atoms with Crippen molar-refractivity contribution in [1.82, 2.24) is 10.3 Å². The molecule has 0 aliphatic carbocycles. The van der Waals surface area contributed by atoms with Gasteiger partial charge in [-0.05, 0) is 43.7 Å². The minimum Gasteiger partial charge on any atom is -0.497 e. The van der Waals surface area contributed by atoms with E-state index in [0.717, 1.165) is 5.01 Å². The lowest BCUT2D eigenvalue weighted by atomic mass is 9.92. The Morgan fingerprint density at radius 3 is 2.52 bits per heavy atom. The summed E-state index contributed by atoms with van der Waals surface area (Å²) in [5, 5.41) is 7.65. The highest BCUT2D eigenvalue weighted by Crippen LogP contribution is 2.30. The standard InChI is InChI=1S/C20H21N3O4/c1-4-27-17-8-6-5-7-14(17)13-21-23-18(24)20(2,22-19(23)25)15-9-11-16(26-3)12-10-15/h5-13H,4H2,1-3H3,(H,22,25)/b21-13+. The van der Waals surface area contributed by atoms with E-state index in [4.69, 9.17) is 9.47 Å². The van der Waals surface area contributed by atoms with Crippen LogP contribution in [0.25, 0.3) is 0 Å². The van der Waals surface area contributed by atoms with Gasteiger partial charge in [-0.3, -0.25) is 4.79 Å². The molecular formula is C20H21N3O4. The van der Waals surface area contributed by atoms with Crippen LogP contribution in [0.1, 0.15) is 25.0 Å². The maximum Gasteiger partial charge on any atom is 0.346 e. The summed E-state index contributed by atoms with van der Waals surface area (Å²) in [5.74, 6) is 0.845. The maximum atomic E-state index is 12.9. The van der Waals surface area contributed by atoms with Gasteiger partial charge in [0, 0.05) is 5.56 Å². The number of benzene rings is 2. The Morgan fingerprint density at radius 1 is 1.15 bits per heavy atom. The summed E-state index contributed by atoms with van der Waals surface area (Å²) >= 11 is 0. The Labute approximate surface area is 157 Å². The molecule has 1 aliphatic heterocycles. The third-order valence-electron chi connectivity index (χ3n) is 4.37. The zero-order chi connectivity index (χ0) is 19.4. The van der Waals surface area contributed by atoms with Crippen LogP contribution in [-0.2, 0) is 10.3 Å². The lowest BCUT2D eigenvalue weighted by molar-refractivity contribution is -0.131. The van der Waals surface area contributed by atoms with E-state index in [1.54, 1.807) is 50.4 Å². The van der Waals surface area contributed by atoms with Crippen molar-refractivity contribution < 1.29 is 19.1 Å². The van der Waals surface area contributed by atoms with Gasteiger partial charge in [-0.2, -0.15) is 5.10 Å². The molecule has 1 aliphatic rings.